The van der Waals surface area contributed by atoms with Crippen molar-refractivity contribution in [3.05, 3.63) is 52.6 Å². The number of aryl methyl sites for hydroxylation is 1. The molecule has 0 radical (unpaired) electrons. The van der Waals surface area contributed by atoms with E-state index in [1.54, 1.807) is 12.1 Å². The first-order valence-corrected chi connectivity index (χ1v) is 7.21. The highest BCUT2D eigenvalue weighted by Crippen LogP contribution is 2.35. The molecule has 0 heterocycles. The fourth-order valence-electron chi connectivity index (χ4n) is 2.97. The predicted octanol–water partition coefficient (Wildman–Crippen LogP) is 2.96. The average molecular weight is 296 g/mol. The van der Waals surface area contributed by atoms with Gasteiger partial charge in [-0.25, -0.2) is 0 Å². The van der Waals surface area contributed by atoms with Gasteiger partial charge in [-0.05, 0) is 42.2 Å². The summed E-state index contributed by atoms with van der Waals surface area (Å²) in [5.41, 5.74) is 1.78. The molecule has 0 amide bonds. The fourth-order valence-corrected chi connectivity index (χ4v) is 2.97. The first kappa shape index (κ1) is 14.5. The van der Waals surface area contributed by atoms with Gasteiger partial charge in [-0.2, -0.15) is 0 Å². The third-order valence-electron chi connectivity index (χ3n) is 4.11. The molecule has 0 spiro atoms. The highest BCUT2D eigenvalue weighted by molar-refractivity contribution is 6.53. The second kappa shape index (κ2) is 5.39. The van der Waals surface area contributed by atoms with E-state index in [9.17, 15) is 14.7 Å². The summed E-state index contributed by atoms with van der Waals surface area (Å²) < 4.78 is 0. The Morgan fingerprint density at radius 3 is 2.50 bits per heavy atom. The van der Waals surface area contributed by atoms with Crippen LogP contribution < -0.4 is 0 Å². The molecule has 112 valence electrons. The van der Waals surface area contributed by atoms with Crippen LogP contribution in [0.3, 0.4) is 0 Å². The maximum Gasteiger partial charge on any atom is 0.234 e. The molecule has 0 fully saturated rings. The minimum absolute atomic E-state index is 0.0952. The summed E-state index contributed by atoms with van der Waals surface area (Å²) in [5, 5.41) is 20.9. The summed E-state index contributed by atoms with van der Waals surface area (Å²) in [4.78, 5) is 24.8. The number of carbonyl (C=O) groups is 2. The number of aliphatic hydroxyl groups is 2. The number of aliphatic hydroxyl groups excluding tert-OH is 2. The molecule has 0 unspecified atom stereocenters. The number of allylic oxidation sites excluding steroid dienone is 1. The minimum atomic E-state index is -0.674. The van der Waals surface area contributed by atoms with Crippen LogP contribution in [0, 0.1) is 6.92 Å². The van der Waals surface area contributed by atoms with Crippen molar-refractivity contribution in [3.63, 3.8) is 0 Å². The number of ketones is 2. The second-order valence-corrected chi connectivity index (χ2v) is 5.47. The lowest BCUT2D eigenvalue weighted by atomic mass is 9.83. The number of hydrogen-bond acceptors (Lipinski definition) is 4. The van der Waals surface area contributed by atoms with E-state index in [0.717, 1.165) is 10.9 Å². The zero-order chi connectivity index (χ0) is 15.9. The average Bonchev–Trinajstić information content (AvgIpc) is 2.52. The fraction of sp³-hybridized carbons (Fsp3) is 0.222. The standard InChI is InChI=1S/C18H16O4/c1-10-4-2-5-12-11(10)7-8-13-15(12)18(22)17(21)14(16(13)20)6-3-9-19/h2,4-5,7-8,19-20H,3,6,9H2,1H3. The Labute approximate surface area is 127 Å². The van der Waals surface area contributed by atoms with E-state index in [4.69, 9.17) is 5.11 Å². The summed E-state index contributed by atoms with van der Waals surface area (Å²) in [5.74, 6) is -1.40. The monoisotopic (exact) mass is 296 g/mol. The molecule has 0 bridgehead atoms. The summed E-state index contributed by atoms with van der Waals surface area (Å²) in [6.07, 6.45) is 0.526. The van der Waals surface area contributed by atoms with Crippen LogP contribution in [0.1, 0.15) is 34.3 Å². The van der Waals surface area contributed by atoms with Gasteiger partial charge in [0.1, 0.15) is 5.76 Å². The Hall–Kier alpha value is -2.46. The Balaban J connectivity index is 2.30. The van der Waals surface area contributed by atoms with Crippen molar-refractivity contribution < 1.29 is 19.8 Å². The molecule has 2 aromatic rings. The SMILES string of the molecule is Cc1cccc2c3c(ccc12)C(O)=C(CCCO)C(=O)C3=O. The maximum atomic E-state index is 12.5. The van der Waals surface area contributed by atoms with E-state index < -0.39 is 11.6 Å². The summed E-state index contributed by atoms with van der Waals surface area (Å²) in [6, 6.07) is 9.10. The number of Topliss-reactive ketones (excluding diaryl/α,β-unsaturated/α-hetero) is 2. The van der Waals surface area contributed by atoms with Crippen LogP contribution in [0.5, 0.6) is 0 Å². The van der Waals surface area contributed by atoms with Gasteiger partial charge < -0.3 is 10.2 Å². The van der Waals surface area contributed by atoms with Crippen LogP contribution in [0.4, 0.5) is 0 Å². The van der Waals surface area contributed by atoms with Gasteiger partial charge in [-0.1, -0.05) is 24.3 Å². The molecule has 2 N–H and O–H groups in total. The van der Waals surface area contributed by atoms with Gasteiger partial charge in [0, 0.05) is 23.3 Å². The van der Waals surface area contributed by atoms with Gasteiger partial charge in [0.05, 0.1) is 0 Å². The predicted molar refractivity (Wildman–Crippen MR) is 83.9 cm³/mol. The van der Waals surface area contributed by atoms with Crippen molar-refractivity contribution in [2.75, 3.05) is 6.61 Å². The van der Waals surface area contributed by atoms with Gasteiger partial charge in [0.25, 0.3) is 0 Å². The van der Waals surface area contributed by atoms with Crippen molar-refractivity contribution in [2.24, 2.45) is 0 Å². The van der Waals surface area contributed by atoms with E-state index in [1.807, 2.05) is 25.1 Å². The molecule has 0 atom stereocenters. The smallest absolute Gasteiger partial charge is 0.234 e. The molecular weight excluding hydrogens is 280 g/mol. The molecule has 1 aliphatic rings. The molecule has 3 rings (SSSR count). The molecular formula is C18H16O4. The lowest BCUT2D eigenvalue weighted by molar-refractivity contribution is -0.112. The Bertz CT molecular complexity index is 830. The zero-order valence-electron chi connectivity index (χ0n) is 12.2. The second-order valence-electron chi connectivity index (χ2n) is 5.47. The molecule has 0 saturated heterocycles. The lowest BCUT2D eigenvalue weighted by Crippen LogP contribution is -2.24. The molecule has 0 aliphatic heterocycles. The first-order chi connectivity index (χ1) is 10.6. The van der Waals surface area contributed by atoms with E-state index >= 15 is 0 Å². The Kier molecular flexibility index (Phi) is 3.54. The van der Waals surface area contributed by atoms with E-state index in [2.05, 4.69) is 0 Å². The van der Waals surface area contributed by atoms with Gasteiger partial charge in [0.15, 0.2) is 0 Å². The van der Waals surface area contributed by atoms with Crippen LogP contribution in [0.15, 0.2) is 35.9 Å². The highest BCUT2D eigenvalue weighted by Gasteiger charge is 2.33. The molecule has 4 heteroatoms. The Morgan fingerprint density at radius 1 is 1.00 bits per heavy atom. The quantitative estimate of drug-likeness (QED) is 0.854. The van der Waals surface area contributed by atoms with E-state index in [1.165, 1.54) is 0 Å². The Morgan fingerprint density at radius 2 is 1.77 bits per heavy atom. The summed E-state index contributed by atoms with van der Waals surface area (Å²) >= 11 is 0. The van der Waals surface area contributed by atoms with Gasteiger partial charge in [0.2, 0.25) is 11.6 Å². The highest BCUT2D eigenvalue weighted by atomic mass is 16.3. The largest absolute Gasteiger partial charge is 0.507 e. The van der Waals surface area contributed by atoms with Gasteiger partial charge in [-0.3, -0.25) is 9.59 Å². The number of rotatable bonds is 3. The third kappa shape index (κ3) is 2.04. The molecule has 0 saturated carbocycles. The lowest BCUT2D eigenvalue weighted by Gasteiger charge is -2.19. The zero-order valence-corrected chi connectivity index (χ0v) is 12.2. The van der Waals surface area contributed by atoms with Gasteiger partial charge in [-0.15, -0.1) is 0 Å². The first-order valence-electron chi connectivity index (χ1n) is 7.21. The van der Waals surface area contributed by atoms with Crippen LogP contribution in [-0.4, -0.2) is 28.4 Å². The normalized spacial score (nSPS) is 14.6. The van der Waals surface area contributed by atoms with Crippen LogP contribution in [0.25, 0.3) is 16.5 Å². The summed E-state index contributed by atoms with van der Waals surface area (Å²) in [6.45, 7) is 1.84. The molecule has 2 aromatic carbocycles. The molecule has 1 aliphatic carbocycles. The van der Waals surface area contributed by atoms with Crippen molar-refractivity contribution in [1.29, 1.82) is 0 Å². The van der Waals surface area contributed by atoms with E-state index in [0.29, 0.717) is 17.4 Å². The summed E-state index contributed by atoms with van der Waals surface area (Å²) in [7, 11) is 0. The maximum absolute atomic E-state index is 12.5. The van der Waals surface area contributed by atoms with Crippen molar-refractivity contribution in [1.82, 2.24) is 0 Å². The van der Waals surface area contributed by atoms with Gasteiger partial charge >= 0.3 is 0 Å². The van der Waals surface area contributed by atoms with Crippen LogP contribution in [-0.2, 0) is 4.79 Å². The number of benzene rings is 2. The van der Waals surface area contributed by atoms with Crippen molar-refractivity contribution in [3.8, 4) is 0 Å². The van der Waals surface area contributed by atoms with Crippen LogP contribution >= 0.6 is 0 Å². The number of carbonyl (C=O) groups excluding carboxylic acids is 2. The van der Waals surface area contributed by atoms with Crippen LogP contribution in [0.2, 0.25) is 0 Å². The minimum Gasteiger partial charge on any atom is -0.507 e. The molecule has 4 nitrogen and oxygen atoms in total. The third-order valence-corrected chi connectivity index (χ3v) is 4.11. The molecule has 0 aromatic heterocycles. The number of hydrogen-bond donors (Lipinski definition) is 2. The number of fused-ring (bicyclic) bond motifs is 3. The van der Waals surface area contributed by atoms with Crippen molar-refractivity contribution in [2.45, 2.75) is 19.8 Å². The topological polar surface area (TPSA) is 74.6 Å². The molecule has 22 heavy (non-hydrogen) atoms. The van der Waals surface area contributed by atoms with E-state index in [-0.39, 0.29) is 29.9 Å². The van der Waals surface area contributed by atoms with Crippen molar-refractivity contribution >= 4 is 28.1 Å².